The van der Waals surface area contributed by atoms with Crippen molar-refractivity contribution in [2.24, 2.45) is 0 Å². The Morgan fingerprint density at radius 1 is 0.971 bits per heavy atom. The Morgan fingerprint density at radius 3 is 2.09 bits per heavy atom. The second-order valence-electron chi connectivity index (χ2n) is 8.63. The van der Waals surface area contributed by atoms with E-state index in [4.69, 9.17) is 0 Å². The number of aryl methyl sites for hydroxylation is 1. The maximum Gasteiger partial charge on any atom is 0.304 e. The molecule has 0 saturated heterocycles. The van der Waals surface area contributed by atoms with Gasteiger partial charge < -0.3 is 10.2 Å². The van der Waals surface area contributed by atoms with E-state index in [2.05, 4.69) is 5.32 Å². The number of nitrogens with zero attached hydrogens (tertiary/aromatic N) is 3. The summed E-state index contributed by atoms with van der Waals surface area (Å²) in [5.74, 6) is -0.752. The van der Waals surface area contributed by atoms with Crippen LogP contribution in [0.5, 0.6) is 0 Å². The molecule has 0 radical (unpaired) electrons. The van der Waals surface area contributed by atoms with Crippen LogP contribution in [0.25, 0.3) is 0 Å². The van der Waals surface area contributed by atoms with E-state index in [1.807, 2.05) is 45.0 Å². The van der Waals surface area contributed by atoms with Crippen LogP contribution in [-0.4, -0.2) is 62.2 Å². The zero-order valence-corrected chi connectivity index (χ0v) is 21.7. The van der Waals surface area contributed by atoms with Gasteiger partial charge in [-0.25, -0.2) is 4.31 Å². The van der Waals surface area contributed by atoms with Crippen LogP contribution in [0, 0.1) is 6.92 Å². The van der Waals surface area contributed by atoms with Crippen molar-refractivity contribution < 1.29 is 18.0 Å². The van der Waals surface area contributed by atoms with E-state index in [-0.39, 0.29) is 18.5 Å². The van der Waals surface area contributed by atoms with Gasteiger partial charge >= 0.3 is 10.2 Å². The third-order valence-electron chi connectivity index (χ3n) is 5.70. The zero-order chi connectivity index (χ0) is 25.5. The molecule has 2 atom stereocenters. The number of carbonyl (C=O) groups is 2. The molecule has 0 saturated carbocycles. The van der Waals surface area contributed by atoms with Crippen molar-refractivity contribution in [3.8, 4) is 0 Å². The first-order valence-corrected chi connectivity index (χ1v) is 12.8. The molecule has 0 aromatic heterocycles. The number of hydrogen-bond acceptors (Lipinski definition) is 4. The molecule has 0 unspecified atom stereocenters. The van der Waals surface area contributed by atoms with Crippen LogP contribution < -0.4 is 9.62 Å². The number of anilines is 1. The second kappa shape index (κ2) is 12.0. The lowest BCUT2D eigenvalue weighted by molar-refractivity contribution is -0.139. The molecule has 8 nitrogen and oxygen atoms in total. The minimum Gasteiger partial charge on any atom is -0.352 e. The molecule has 0 aliphatic carbocycles. The molecule has 9 heteroatoms. The van der Waals surface area contributed by atoms with E-state index >= 15 is 0 Å². The fraction of sp³-hybridized carbons (Fsp3) is 0.440. The van der Waals surface area contributed by atoms with Crippen LogP contribution in [0.2, 0.25) is 0 Å². The van der Waals surface area contributed by atoms with Gasteiger partial charge in [0.2, 0.25) is 11.8 Å². The minimum absolute atomic E-state index is 0.0405. The van der Waals surface area contributed by atoms with Crippen LogP contribution in [-0.2, 0) is 26.3 Å². The molecule has 2 amide bonds. The summed E-state index contributed by atoms with van der Waals surface area (Å²) < 4.78 is 28.3. The zero-order valence-electron chi connectivity index (χ0n) is 20.9. The van der Waals surface area contributed by atoms with E-state index < -0.39 is 28.7 Å². The molecule has 34 heavy (non-hydrogen) atoms. The van der Waals surface area contributed by atoms with Gasteiger partial charge in [0.05, 0.1) is 5.69 Å². The van der Waals surface area contributed by atoms with Crippen LogP contribution in [0.15, 0.2) is 54.6 Å². The number of para-hydroxylation sites is 1. The largest absolute Gasteiger partial charge is 0.352 e. The lowest BCUT2D eigenvalue weighted by Gasteiger charge is -2.33. The first-order chi connectivity index (χ1) is 16.0. The first kappa shape index (κ1) is 27.3. The lowest BCUT2D eigenvalue weighted by atomic mass is 10.1. The molecule has 1 N–H and O–H groups in total. The highest BCUT2D eigenvalue weighted by molar-refractivity contribution is 7.90. The quantitative estimate of drug-likeness (QED) is 0.527. The molecule has 186 valence electrons. The Bertz CT molecular complexity index is 1060. The van der Waals surface area contributed by atoms with Gasteiger partial charge in [-0.1, -0.05) is 55.0 Å². The molecule has 0 heterocycles. The summed E-state index contributed by atoms with van der Waals surface area (Å²) in [4.78, 5) is 27.9. The smallest absolute Gasteiger partial charge is 0.304 e. The summed E-state index contributed by atoms with van der Waals surface area (Å²) in [6, 6.07) is 15.3. The van der Waals surface area contributed by atoms with Crippen molar-refractivity contribution in [1.29, 1.82) is 0 Å². The SMILES string of the molecule is CC[C@@H](C)NC(=O)[C@@H](C)N(Cc1ccc(C)cc1)C(=O)CN(c1ccccc1)S(=O)(=O)N(C)C. The number of rotatable bonds is 11. The fourth-order valence-electron chi connectivity index (χ4n) is 3.25. The minimum atomic E-state index is -3.95. The molecule has 2 aromatic carbocycles. The van der Waals surface area contributed by atoms with Crippen molar-refractivity contribution in [3.63, 3.8) is 0 Å². The van der Waals surface area contributed by atoms with Crippen molar-refractivity contribution >= 4 is 27.7 Å². The van der Waals surface area contributed by atoms with Crippen molar-refractivity contribution in [1.82, 2.24) is 14.5 Å². The van der Waals surface area contributed by atoms with Gasteiger partial charge in [0, 0.05) is 26.7 Å². The summed E-state index contributed by atoms with van der Waals surface area (Å²) in [6.07, 6.45) is 0.757. The molecule has 0 fully saturated rings. The van der Waals surface area contributed by atoms with E-state index in [9.17, 15) is 18.0 Å². The van der Waals surface area contributed by atoms with Crippen molar-refractivity contribution in [3.05, 3.63) is 65.7 Å². The van der Waals surface area contributed by atoms with Crippen LogP contribution in [0.3, 0.4) is 0 Å². The summed E-state index contributed by atoms with van der Waals surface area (Å²) in [6.45, 7) is 7.25. The lowest BCUT2D eigenvalue weighted by Crippen LogP contribution is -2.53. The highest BCUT2D eigenvalue weighted by Crippen LogP contribution is 2.20. The maximum atomic E-state index is 13.6. The molecule has 0 aliphatic rings. The third kappa shape index (κ3) is 7.04. The highest BCUT2D eigenvalue weighted by Gasteiger charge is 2.32. The third-order valence-corrected chi connectivity index (χ3v) is 7.52. The van der Waals surface area contributed by atoms with Gasteiger partial charge in [0.1, 0.15) is 12.6 Å². The van der Waals surface area contributed by atoms with Crippen LogP contribution in [0.4, 0.5) is 5.69 Å². The predicted octanol–water partition coefficient (Wildman–Crippen LogP) is 2.94. The van der Waals surface area contributed by atoms with E-state index in [0.29, 0.717) is 5.69 Å². The van der Waals surface area contributed by atoms with Gasteiger partial charge in [-0.15, -0.1) is 0 Å². The number of carbonyl (C=O) groups excluding carboxylic acids is 2. The standard InChI is InChI=1S/C25H36N4O4S/c1-7-20(3)26-25(31)21(4)28(17-22-15-13-19(2)14-16-22)24(30)18-29(34(32,33)27(5)6)23-11-9-8-10-12-23/h8-16,20-21H,7,17-18H2,1-6H3,(H,26,31)/t20-,21-/m1/s1. The van der Waals surface area contributed by atoms with Gasteiger partial charge in [-0.3, -0.25) is 9.59 Å². The molecule has 2 rings (SSSR count). The Morgan fingerprint density at radius 2 is 1.56 bits per heavy atom. The number of benzene rings is 2. The molecular formula is C25H36N4O4S. The number of hydrogen-bond donors (Lipinski definition) is 1. The molecule has 0 aliphatic heterocycles. The summed E-state index contributed by atoms with van der Waals surface area (Å²) in [7, 11) is -1.11. The van der Waals surface area contributed by atoms with Gasteiger partial charge in [0.15, 0.2) is 0 Å². The highest BCUT2D eigenvalue weighted by atomic mass is 32.2. The van der Waals surface area contributed by atoms with E-state index in [0.717, 1.165) is 26.2 Å². The van der Waals surface area contributed by atoms with Gasteiger partial charge in [0.25, 0.3) is 0 Å². The second-order valence-corrected chi connectivity index (χ2v) is 10.7. The summed E-state index contributed by atoms with van der Waals surface area (Å²) >= 11 is 0. The summed E-state index contributed by atoms with van der Waals surface area (Å²) in [5.41, 5.74) is 2.30. The summed E-state index contributed by atoms with van der Waals surface area (Å²) in [5, 5.41) is 2.92. The average molecular weight is 489 g/mol. The Hall–Kier alpha value is -2.91. The molecule has 2 aromatic rings. The maximum absolute atomic E-state index is 13.6. The monoisotopic (exact) mass is 488 g/mol. The Labute approximate surface area is 203 Å². The van der Waals surface area contributed by atoms with E-state index in [1.165, 1.54) is 19.0 Å². The van der Waals surface area contributed by atoms with E-state index in [1.54, 1.807) is 37.3 Å². The first-order valence-electron chi connectivity index (χ1n) is 11.4. The number of nitrogens with one attached hydrogen (secondary N) is 1. The topological polar surface area (TPSA) is 90.0 Å². The fourth-order valence-corrected chi connectivity index (χ4v) is 4.31. The molecular weight excluding hydrogens is 452 g/mol. The Kier molecular flexibility index (Phi) is 9.64. The van der Waals surface area contributed by atoms with Gasteiger partial charge in [-0.05, 0) is 44.9 Å². The normalized spacial score (nSPS) is 13.3. The van der Waals surface area contributed by atoms with Crippen molar-refractivity contribution in [2.75, 3.05) is 24.9 Å². The van der Waals surface area contributed by atoms with Gasteiger partial charge in [-0.2, -0.15) is 12.7 Å². The van der Waals surface area contributed by atoms with Crippen LogP contribution >= 0.6 is 0 Å². The van der Waals surface area contributed by atoms with Crippen LogP contribution in [0.1, 0.15) is 38.3 Å². The Balaban J connectivity index is 2.41. The predicted molar refractivity (Wildman–Crippen MR) is 135 cm³/mol. The average Bonchev–Trinajstić information content (AvgIpc) is 2.81. The number of amides is 2. The molecule has 0 bridgehead atoms. The van der Waals surface area contributed by atoms with Crippen molar-refractivity contribution in [2.45, 2.75) is 52.7 Å². The molecule has 0 spiro atoms.